The summed E-state index contributed by atoms with van der Waals surface area (Å²) in [5, 5.41) is 14.2. The van der Waals surface area contributed by atoms with Crippen molar-refractivity contribution >= 4 is 21.9 Å². The molecule has 1 amide bonds. The van der Waals surface area contributed by atoms with Crippen molar-refractivity contribution in [1.29, 1.82) is 0 Å². The highest BCUT2D eigenvalue weighted by Crippen LogP contribution is 2.23. The predicted molar refractivity (Wildman–Crippen MR) is 85.2 cm³/mol. The Morgan fingerprint density at radius 2 is 2.04 bits per heavy atom. The van der Waals surface area contributed by atoms with Crippen molar-refractivity contribution in [3.05, 3.63) is 28.8 Å². The number of carbonyl (C=O) groups is 2. The van der Waals surface area contributed by atoms with Crippen LogP contribution in [-0.4, -0.2) is 56.1 Å². The molecule has 24 heavy (non-hydrogen) atoms. The van der Waals surface area contributed by atoms with Crippen LogP contribution in [0.1, 0.15) is 27.9 Å². The van der Waals surface area contributed by atoms with Crippen molar-refractivity contribution in [3.63, 3.8) is 0 Å². The lowest BCUT2D eigenvalue weighted by Gasteiger charge is -2.35. The number of aryl methyl sites for hydroxylation is 1. The summed E-state index contributed by atoms with van der Waals surface area (Å²) >= 11 is 0. The quantitative estimate of drug-likeness (QED) is 0.797. The fourth-order valence-electron chi connectivity index (χ4n) is 2.70. The molecule has 132 valence electrons. The molecular weight excluding hydrogens is 336 g/mol. The normalized spacial score (nSPS) is 18.5. The third kappa shape index (κ3) is 3.92. The zero-order valence-electron chi connectivity index (χ0n) is 13.5. The number of morpholine rings is 1. The number of primary sulfonamides is 1. The topological polar surface area (TPSA) is 127 Å². The molecule has 3 N–H and O–H groups in total. The summed E-state index contributed by atoms with van der Waals surface area (Å²) in [5.74, 6) is -1.47. The third-order valence-electron chi connectivity index (χ3n) is 4.07. The molecule has 1 unspecified atom stereocenters. The van der Waals surface area contributed by atoms with Gasteiger partial charge in [-0.15, -0.1) is 0 Å². The van der Waals surface area contributed by atoms with Gasteiger partial charge in [0.2, 0.25) is 10.0 Å². The molecule has 2 rings (SSSR count). The Morgan fingerprint density at radius 3 is 2.62 bits per heavy atom. The maximum Gasteiger partial charge on any atom is 0.305 e. The minimum absolute atomic E-state index is 0.103. The summed E-state index contributed by atoms with van der Waals surface area (Å²) in [4.78, 5) is 25.1. The maximum absolute atomic E-state index is 12.8. The maximum atomic E-state index is 12.8. The average molecular weight is 356 g/mol. The van der Waals surface area contributed by atoms with Gasteiger partial charge in [-0.2, -0.15) is 0 Å². The van der Waals surface area contributed by atoms with E-state index in [2.05, 4.69) is 0 Å². The molecule has 0 spiro atoms. The number of benzene rings is 1. The Balaban J connectivity index is 2.41. The molecule has 1 aromatic carbocycles. The largest absolute Gasteiger partial charge is 0.481 e. The fraction of sp³-hybridized carbons (Fsp3) is 0.467. The molecule has 1 aliphatic heterocycles. The first-order valence-corrected chi connectivity index (χ1v) is 8.90. The Kier molecular flexibility index (Phi) is 5.26. The van der Waals surface area contributed by atoms with E-state index < -0.39 is 27.9 Å². The zero-order chi connectivity index (χ0) is 18.1. The number of ether oxygens (including phenoxy) is 1. The molecule has 1 saturated heterocycles. The van der Waals surface area contributed by atoms with Crippen molar-refractivity contribution in [3.8, 4) is 0 Å². The lowest BCUT2D eigenvalue weighted by atomic mass is 10.0. The van der Waals surface area contributed by atoms with E-state index in [-0.39, 0.29) is 30.0 Å². The van der Waals surface area contributed by atoms with Crippen LogP contribution in [0.5, 0.6) is 0 Å². The van der Waals surface area contributed by atoms with Crippen LogP contribution in [0.25, 0.3) is 0 Å². The molecule has 0 bridgehead atoms. The number of hydrogen-bond acceptors (Lipinski definition) is 5. The summed E-state index contributed by atoms with van der Waals surface area (Å²) in [6.45, 7) is 3.98. The number of carbonyl (C=O) groups excluding carboxylic acids is 1. The van der Waals surface area contributed by atoms with Crippen LogP contribution in [0, 0.1) is 13.8 Å². The Labute approximate surface area is 140 Å². The molecule has 0 radical (unpaired) electrons. The van der Waals surface area contributed by atoms with Crippen LogP contribution in [0.2, 0.25) is 0 Å². The highest BCUT2D eigenvalue weighted by Gasteiger charge is 2.30. The Hall–Kier alpha value is -1.97. The first kappa shape index (κ1) is 18.4. The van der Waals surface area contributed by atoms with Crippen LogP contribution < -0.4 is 5.14 Å². The van der Waals surface area contributed by atoms with Crippen LogP contribution in [0.15, 0.2) is 17.0 Å². The predicted octanol–water partition coefficient (Wildman–Crippen LogP) is 0.267. The summed E-state index contributed by atoms with van der Waals surface area (Å²) in [5.41, 5.74) is 1.27. The van der Waals surface area contributed by atoms with E-state index in [9.17, 15) is 18.0 Å². The van der Waals surface area contributed by atoms with Gasteiger partial charge < -0.3 is 14.7 Å². The fourth-order valence-corrected chi connectivity index (χ4v) is 3.58. The van der Waals surface area contributed by atoms with Gasteiger partial charge in [0.25, 0.3) is 5.91 Å². The number of carboxylic acid groups (broad SMARTS) is 1. The van der Waals surface area contributed by atoms with Gasteiger partial charge in [0.15, 0.2) is 0 Å². The van der Waals surface area contributed by atoms with Gasteiger partial charge in [0, 0.05) is 12.1 Å². The molecule has 0 aliphatic carbocycles. The van der Waals surface area contributed by atoms with E-state index in [1.54, 1.807) is 19.9 Å². The van der Waals surface area contributed by atoms with E-state index in [0.717, 1.165) is 0 Å². The average Bonchev–Trinajstić information content (AvgIpc) is 2.48. The number of aliphatic carboxylic acids is 1. The van der Waals surface area contributed by atoms with E-state index in [1.165, 1.54) is 11.0 Å². The second-order valence-corrected chi connectivity index (χ2v) is 7.32. The van der Waals surface area contributed by atoms with Crippen molar-refractivity contribution in [1.82, 2.24) is 4.90 Å². The number of amides is 1. The van der Waals surface area contributed by atoms with Gasteiger partial charge in [-0.05, 0) is 37.1 Å². The highest BCUT2D eigenvalue weighted by molar-refractivity contribution is 7.89. The van der Waals surface area contributed by atoms with Crippen LogP contribution in [-0.2, 0) is 19.6 Å². The molecule has 9 heteroatoms. The van der Waals surface area contributed by atoms with Crippen LogP contribution in [0.3, 0.4) is 0 Å². The molecule has 1 heterocycles. The van der Waals surface area contributed by atoms with Gasteiger partial charge in [-0.3, -0.25) is 9.59 Å². The smallest absolute Gasteiger partial charge is 0.305 e. The molecule has 1 fully saturated rings. The molecule has 1 aliphatic rings. The number of sulfonamides is 1. The second kappa shape index (κ2) is 6.88. The minimum Gasteiger partial charge on any atom is -0.481 e. The molecule has 0 aromatic heterocycles. The molecular formula is C15H20N2O6S. The number of hydrogen-bond donors (Lipinski definition) is 2. The van der Waals surface area contributed by atoms with Gasteiger partial charge >= 0.3 is 5.97 Å². The molecule has 1 atom stereocenters. The number of carboxylic acids is 1. The second-order valence-electron chi connectivity index (χ2n) is 5.79. The van der Waals surface area contributed by atoms with Crippen LogP contribution >= 0.6 is 0 Å². The van der Waals surface area contributed by atoms with E-state index >= 15 is 0 Å². The SMILES string of the molecule is Cc1cc(C(=O)N2CCOCC2CC(=O)O)cc(S(N)(=O)=O)c1C. The summed E-state index contributed by atoms with van der Waals surface area (Å²) in [6.07, 6.45) is -0.237. The lowest BCUT2D eigenvalue weighted by Crippen LogP contribution is -2.49. The van der Waals surface area contributed by atoms with Gasteiger partial charge in [-0.25, -0.2) is 13.6 Å². The van der Waals surface area contributed by atoms with Crippen LogP contribution in [0.4, 0.5) is 0 Å². The lowest BCUT2D eigenvalue weighted by molar-refractivity contribution is -0.139. The molecule has 8 nitrogen and oxygen atoms in total. The van der Waals surface area contributed by atoms with Crippen molar-refractivity contribution < 1.29 is 27.9 Å². The first-order chi connectivity index (χ1) is 11.1. The van der Waals surface area contributed by atoms with Crippen molar-refractivity contribution in [2.75, 3.05) is 19.8 Å². The van der Waals surface area contributed by atoms with Gasteiger partial charge in [0.05, 0.1) is 30.6 Å². The van der Waals surface area contributed by atoms with Crippen molar-refractivity contribution in [2.24, 2.45) is 5.14 Å². The van der Waals surface area contributed by atoms with Crippen molar-refractivity contribution in [2.45, 2.75) is 31.2 Å². The summed E-state index contributed by atoms with van der Waals surface area (Å²) in [6, 6.07) is 2.23. The number of nitrogens with two attached hydrogens (primary N) is 1. The summed E-state index contributed by atoms with van der Waals surface area (Å²) in [7, 11) is -3.96. The monoisotopic (exact) mass is 356 g/mol. The van der Waals surface area contributed by atoms with E-state index in [0.29, 0.717) is 17.7 Å². The van der Waals surface area contributed by atoms with Gasteiger partial charge in [0.1, 0.15) is 0 Å². The van der Waals surface area contributed by atoms with Gasteiger partial charge in [-0.1, -0.05) is 0 Å². The van der Waals surface area contributed by atoms with E-state index in [4.69, 9.17) is 15.0 Å². The zero-order valence-corrected chi connectivity index (χ0v) is 14.3. The number of rotatable bonds is 4. The first-order valence-electron chi connectivity index (χ1n) is 7.36. The molecule has 1 aromatic rings. The molecule has 0 saturated carbocycles. The standard InChI is InChI=1S/C15H20N2O6S/c1-9-5-11(6-13(10(9)2)24(16,21)22)15(20)17-3-4-23-8-12(17)7-14(18)19/h5-6,12H,3-4,7-8H2,1-2H3,(H,18,19)(H2,16,21,22). The minimum atomic E-state index is -3.96. The third-order valence-corrected chi connectivity index (χ3v) is 5.11. The Bertz CT molecular complexity index is 774. The highest BCUT2D eigenvalue weighted by atomic mass is 32.2. The summed E-state index contributed by atoms with van der Waals surface area (Å²) < 4.78 is 28.7. The Morgan fingerprint density at radius 1 is 1.38 bits per heavy atom. The van der Waals surface area contributed by atoms with E-state index in [1.807, 2.05) is 0 Å². The number of nitrogens with zero attached hydrogens (tertiary/aromatic N) is 1.